The third kappa shape index (κ3) is 2.31. The number of nitrogens with zero attached hydrogens (tertiary/aromatic N) is 1. The van der Waals surface area contributed by atoms with Gasteiger partial charge >= 0.3 is 6.43 Å². The van der Waals surface area contributed by atoms with Crippen LogP contribution in [0.15, 0.2) is 0 Å². The molecule has 2 rings (SSSR count). The Balaban J connectivity index is 1.96. The van der Waals surface area contributed by atoms with Gasteiger partial charge in [-0.3, -0.25) is 9.59 Å². The van der Waals surface area contributed by atoms with Crippen molar-refractivity contribution in [1.82, 2.24) is 10.2 Å². The smallest absolute Gasteiger partial charge is 0.315 e. The number of nitrogens with one attached hydrogen (secondary N) is 1. The first-order valence-corrected chi connectivity index (χ1v) is 5.48. The Morgan fingerprint density at radius 2 is 1.94 bits per heavy atom. The van der Waals surface area contributed by atoms with E-state index in [9.17, 15) is 18.4 Å². The molecule has 1 aliphatic heterocycles. The standard InChI is InChI=1S/C10H14F2N2O2/c11-8(12)10(16)14-5-1-2-7(14)9(15)13-6-3-4-6/h6-8H,1-5H2,(H,13,15). The maximum atomic E-state index is 12.3. The second-order valence-electron chi connectivity index (χ2n) is 4.27. The first kappa shape index (κ1) is 11.3. The van der Waals surface area contributed by atoms with Gasteiger partial charge in [0.05, 0.1) is 0 Å². The van der Waals surface area contributed by atoms with Gasteiger partial charge in [-0.05, 0) is 25.7 Å². The van der Waals surface area contributed by atoms with Gasteiger partial charge in [0, 0.05) is 12.6 Å². The molecule has 1 atom stereocenters. The van der Waals surface area contributed by atoms with Crippen LogP contribution in [-0.2, 0) is 9.59 Å². The fourth-order valence-corrected chi connectivity index (χ4v) is 1.95. The predicted octanol–water partition coefficient (Wildman–Crippen LogP) is 0.521. The van der Waals surface area contributed by atoms with Crippen molar-refractivity contribution in [3.63, 3.8) is 0 Å². The fourth-order valence-electron chi connectivity index (χ4n) is 1.95. The zero-order valence-electron chi connectivity index (χ0n) is 8.79. The Hall–Kier alpha value is -1.20. The highest BCUT2D eigenvalue weighted by Gasteiger charge is 2.38. The van der Waals surface area contributed by atoms with Crippen LogP contribution in [0.4, 0.5) is 8.78 Å². The Bertz CT molecular complexity index is 305. The first-order chi connectivity index (χ1) is 7.59. The highest BCUT2D eigenvalue weighted by molar-refractivity contribution is 5.89. The largest absolute Gasteiger partial charge is 0.352 e. The maximum absolute atomic E-state index is 12.3. The third-order valence-corrected chi connectivity index (χ3v) is 2.95. The van der Waals surface area contributed by atoms with Gasteiger partial charge in [0.1, 0.15) is 6.04 Å². The zero-order chi connectivity index (χ0) is 11.7. The lowest BCUT2D eigenvalue weighted by Crippen LogP contribution is -2.48. The quantitative estimate of drug-likeness (QED) is 0.771. The molecule has 2 amide bonds. The van der Waals surface area contributed by atoms with E-state index in [4.69, 9.17) is 0 Å². The molecule has 1 N–H and O–H groups in total. The van der Waals surface area contributed by atoms with E-state index in [0.29, 0.717) is 12.8 Å². The topological polar surface area (TPSA) is 49.4 Å². The molecule has 1 saturated carbocycles. The average Bonchev–Trinajstić information content (AvgIpc) is 2.91. The van der Waals surface area contributed by atoms with Crippen LogP contribution in [0.3, 0.4) is 0 Å². The Morgan fingerprint density at radius 3 is 2.50 bits per heavy atom. The molecule has 0 aromatic rings. The van der Waals surface area contributed by atoms with Crippen LogP contribution in [0.1, 0.15) is 25.7 Å². The summed E-state index contributed by atoms with van der Waals surface area (Å²) in [6.45, 7) is 0.256. The van der Waals surface area contributed by atoms with Crippen LogP contribution in [0.2, 0.25) is 0 Å². The van der Waals surface area contributed by atoms with Crippen molar-refractivity contribution in [1.29, 1.82) is 0 Å². The van der Waals surface area contributed by atoms with Gasteiger partial charge in [-0.15, -0.1) is 0 Å². The summed E-state index contributed by atoms with van der Waals surface area (Å²) in [5.41, 5.74) is 0. The van der Waals surface area contributed by atoms with Crippen molar-refractivity contribution in [2.24, 2.45) is 0 Å². The molecule has 6 heteroatoms. The first-order valence-electron chi connectivity index (χ1n) is 5.48. The van der Waals surface area contributed by atoms with Crippen molar-refractivity contribution in [2.45, 2.75) is 44.2 Å². The molecular formula is C10H14F2N2O2. The van der Waals surface area contributed by atoms with Crippen LogP contribution >= 0.6 is 0 Å². The molecular weight excluding hydrogens is 218 g/mol. The molecule has 0 spiro atoms. The number of halogens is 2. The Labute approximate surface area is 92.0 Å². The van der Waals surface area contributed by atoms with Crippen molar-refractivity contribution < 1.29 is 18.4 Å². The second kappa shape index (κ2) is 4.35. The number of hydrogen-bond donors (Lipinski definition) is 1. The summed E-state index contributed by atoms with van der Waals surface area (Å²) in [6.07, 6.45) is -0.0323. The van der Waals surface area contributed by atoms with E-state index >= 15 is 0 Å². The second-order valence-corrected chi connectivity index (χ2v) is 4.27. The molecule has 0 aromatic carbocycles. The molecule has 2 fully saturated rings. The van der Waals surface area contributed by atoms with Crippen LogP contribution < -0.4 is 5.32 Å². The number of carbonyl (C=O) groups excluding carboxylic acids is 2. The highest BCUT2D eigenvalue weighted by atomic mass is 19.3. The molecule has 1 unspecified atom stereocenters. The number of carbonyl (C=O) groups is 2. The highest BCUT2D eigenvalue weighted by Crippen LogP contribution is 2.23. The third-order valence-electron chi connectivity index (χ3n) is 2.95. The van der Waals surface area contributed by atoms with Gasteiger partial charge < -0.3 is 10.2 Å². The maximum Gasteiger partial charge on any atom is 0.315 e. The van der Waals surface area contributed by atoms with Crippen LogP contribution in [0.25, 0.3) is 0 Å². The average molecular weight is 232 g/mol. The normalized spacial score (nSPS) is 24.9. The van der Waals surface area contributed by atoms with Crippen molar-refractivity contribution in [3.8, 4) is 0 Å². The van der Waals surface area contributed by atoms with Gasteiger partial charge in [0.15, 0.2) is 0 Å². The lowest BCUT2D eigenvalue weighted by molar-refractivity contribution is -0.147. The summed E-state index contributed by atoms with van der Waals surface area (Å²) in [4.78, 5) is 23.8. The van der Waals surface area contributed by atoms with Crippen molar-refractivity contribution in [2.75, 3.05) is 6.54 Å². The predicted molar refractivity (Wildman–Crippen MR) is 51.9 cm³/mol. The number of alkyl halides is 2. The summed E-state index contributed by atoms with van der Waals surface area (Å²) in [6, 6.07) is -0.501. The molecule has 0 radical (unpaired) electrons. The van der Waals surface area contributed by atoms with Crippen molar-refractivity contribution in [3.05, 3.63) is 0 Å². The van der Waals surface area contributed by atoms with E-state index in [1.807, 2.05) is 0 Å². The summed E-state index contributed by atoms with van der Waals surface area (Å²) in [5.74, 6) is -1.51. The minimum Gasteiger partial charge on any atom is -0.352 e. The summed E-state index contributed by atoms with van der Waals surface area (Å²) in [7, 11) is 0. The summed E-state index contributed by atoms with van der Waals surface area (Å²) < 4.78 is 24.5. The van der Waals surface area contributed by atoms with E-state index < -0.39 is 18.4 Å². The molecule has 1 aliphatic carbocycles. The van der Waals surface area contributed by atoms with Crippen LogP contribution in [0, 0.1) is 0 Å². The minimum atomic E-state index is -3.02. The molecule has 2 aliphatic rings. The summed E-state index contributed by atoms with van der Waals surface area (Å²) in [5, 5.41) is 2.74. The molecule has 16 heavy (non-hydrogen) atoms. The van der Waals surface area contributed by atoms with E-state index in [-0.39, 0.29) is 18.5 Å². The fraction of sp³-hybridized carbons (Fsp3) is 0.800. The monoisotopic (exact) mass is 232 g/mol. The number of amides is 2. The molecule has 90 valence electrons. The SMILES string of the molecule is O=C(NC1CC1)C1CCCN1C(=O)C(F)F. The Morgan fingerprint density at radius 1 is 1.25 bits per heavy atom. The number of hydrogen-bond acceptors (Lipinski definition) is 2. The zero-order valence-corrected chi connectivity index (χ0v) is 8.79. The van der Waals surface area contributed by atoms with Gasteiger partial charge in [-0.1, -0.05) is 0 Å². The Kier molecular flexibility index (Phi) is 3.07. The van der Waals surface area contributed by atoms with E-state index in [1.165, 1.54) is 0 Å². The van der Waals surface area contributed by atoms with Gasteiger partial charge in [-0.2, -0.15) is 8.78 Å². The number of rotatable bonds is 3. The van der Waals surface area contributed by atoms with E-state index in [2.05, 4.69) is 5.32 Å². The van der Waals surface area contributed by atoms with Gasteiger partial charge in [0.2, 0.25) is 5.91 Å². The molecule has 0 aromatic heterocycles. The number of likely N-dealkylation sites (tertiary alicyclic amines) is 1. The van der Waals surface area contributed by atoms with Gasteiger partial charge in [0.25, 0.3) is 5.91 Å². The molecule has 0 bridgehead atoms. The van der Waals surface area contributed by atoms with Crippen molar-refractivity contribution >= 4 is 11.8 Å². The van der Waals surface area contributed by atoms with Crippen LogP contribution in [0.5, 0.6) is 0 Å². The lowest BCUT2D eigenvalue weighted by Gasteiger charge is -2.23. The summed E-state index contributed by atoms with van der Waals surface area (Å²) >= 11 is 0. The van der Waals surface area contributed by atoms with E-state index in [0.717, 1.165) is 17.7 Å². The van der Waals surface area contributed by atoms with Crippen LogP contribution in [-0.4, -0.2) is 41.8 Å². The molecule has 1 saturated heterocycles. The molecule has 4 nitrogen and oxygen atoms in total. The van der Waals surface area contributed by atoms with Gasteiger partial charge in [-0.25, -0.2) is 0 Å². The molecule has 1 heterocycles. The lowest BCUT2D eigenvalue weighted by atomic mass is 10.2. The van der Waals surface area contributed by atoms with E-state index in [1.54, 1.807) is 0 Å². The minimum absolute atomic E-state index is 0.191.